The maximum Gasteiger partial charge on any atom is 0.111 e. The first-order valence-electron chi connectivity index (χ1n) is 5.54. The van der Waals surface area contributed by atoms with Gasteiger partial charge in [-0.1, -0.05) is 47.5 Å². The van der Waals surface area contributed by atoms with E-state index in [4.69, 9.17) is 23.2 Å². The highest BCUT2D eigenvalue weighted by Crippen LogP contribution is 2.48. The number of aliphatic hydroxyl groups excluding tert-OH is 2. The van der Waals surface area contributed by atoms with E-state index in [1.54, 1.807) is 12.1 Å². The van der Waals surface area contributed by atoms with E-state index >= 15 is 0 Å². The molecule has 2 atom stereocenters. The lowest BCUT2D eigenvalue weighted by Crippen LogP contribution is -2.18. The van der Waals surface area contributed by atoms with E-state index in [9.17, 15) is 10.2 Å². The molecule has 1 aliphatic carbocycles. The molecule has 0 bridgehead atoms. The second kappa shape index (κ2) is 4.25. The minimum Gasteiger partial charge on any atom is -0.385 e. The molecule has 4 heteroatoms. The Morgan fingerprint density at radius 3 is 1.50 bits per heavy atom. The van der Waals surface area contributed by atoms with Crippen LogP contribution in [0, 0.1) is 0 Å². The van der Waals surface area contributed by atoms with E-state index in [-0.39, 0.29) is 0 Å². The molecule has 3 rings (SSSR count). The fourth-order valence-electron chi connectivity index (χ4n) is 2.46. The Bertz CT molecular complexity index is 570. The van der Waals surface area contributed by atoms with Crippen molar-refractivity contribution in [3.63, 3.8) is 0 Å². The smallest absolute Gasteiger partial charge is 0.111 e. The van der Waals surface area contributed by atoms with Gasteiger partial charge in [-0.05, 0) is 23.3 Å². The van der Waals surface area contributed by atoms with Crippen molar-refractivity contribution in [3.05, 3.63) is 57.6 Å². The first kappa shape index (κ1) is 12.0. The van der Waals surface area contributed by atoms with Crippen LogP contribution in [0.1, 0.15) is 23.3 Å². The standard InChI is InChI=1S/C14H10Cl2O2/c15-9-5-1-3-7-8-4-2-6-10(16)12(8)14(18)13(17)11(7)9/h1-6,13-14,17-18H/t13-,14-/m1/s1. The van der Waals surface area contributed by atoms with Gasteiger partial charge in [0.2, 0.25) is 0 Å². The molecule has 1 aliphatic rings. The van der Waals surface area contributed by atoms with Gasteiger partial charge in [0.1, 0.15) is 12.2 Å². The highest BCUT2D eigenvalue weighted by molar-refractivity contribution is 6.33. The largest absolute Gasteiger partial charge is 0.385 e. The average molecular weight is 281 g/mol. The first-order valence-corrected chi connectivity index (χ1v) is 6.30. The lowest BCUT2D eigenvalue weighted by atomic mass is 9.82. The Morgan fingerprint density at radius 2 is 1.11 bits per heavy atom. The van der Waals surface area contributed by atoms with Crippen molar-refractivity contribution in [3.8, 4) is 11.1 Å². The molecule has 0 spiro atoms. The molecule has 0 amide bonds. The van der Waals surface area contributed by atoms with Crippen molar-refractivity contribution in [2.45, 2.75) is 12.2 Å². The molecule has 0 saturated carbocycles. The third-order valence-corrected chi connectivity index (χ3v) is 3.95. The van der Waals surface area contributed by atoms with Crippen LogP contribution in [0.2, 0.25) is 10.0 Å². The van der Waals surface area contributed by atoms with Crippen molar-refractivity contribution < 1.29 is 10.2 Å². The molecule has 2 aromatic rings. The normalized spacial score (nSPS) is 21.3. The summed E-state index contributed by atoms with van der Waals surface area (Å²) in [4.78, 5) is 0. The first-order chi connectivity index (χ1) is 8.61. The van der Waals surface area contributed by atoms with E-state index < -0.39 is 12.2 Å². The second-order valence-corrected chi connectivity index (χ2v) is 5.11. The number of benzene rings is 2. The van der Waals surface area contributed by atoms with Crippen LogP contribution in [-0.4, -0.2) is 10.2 Å². The summed E-state index contributed by atoms with van der Waals surface area (Å²) in [6.45, 7) is 0. The molecular weight excluding hydrogens is 271 g/mol. The van der Waals surface area contributed by atoms with Crippen molar-refractivity contribution in [1.29, 1.82) is 0 Å². The van der Waals surface area contributed by atoms with Gasteiger partial charge in [-0.3, -0.25) is 0 Å². The maximum atomic E-state index is 10.2. The van der Waals surface area contributed by atoms with Gasteiger partial charge in [-0.2, -0.15) is 0 Å². The van der Waals surface area contributed by atoms with Crippen LogP contribution < -0.4 is 0 Å². The molecule has 0 unspecified atom stereocenters. The minimum atomic E-state index is -1.05. The Morgan fingerprint density at radius 1 is 0.722 bits per heavy atom. The van der Waals surface area contributed by atoms with Gasteiger partial charge >= 0.3 is 0 Å². The van der Waals surface area contributed by atoms with Crippen molar-refractivity contribution in [2.75, 3.05) is 0 Å². The molecular formula is C14H10Cl2O2. The number of fused-ring (bicyclic) bond motifs is 3. The van der Waals surface area contributed by atoms with E-state index in [0.717, 1.165) is 11.1 Å². The van der Waals surface area contributed by atoms with Crippen molar-refractivity contribution in [1.82, 2.24) is 0 Å². The fraction of sp³-hybridized carbons (Fsp3) is 0.143. The van der Waals surface area contributed by atoms with Crippen LogP contribution in [-0.2, 0) is 0 Å². The number of halogens is 2. The summed E-state index contributed by atoms with van der Waals surface area (Å²) in [6, 6.07) is 10.8. The summed E-state index contributed by atoms with van der Waals surface area (Å²) in [5, 5.41) is 21.3. The van der Waals surface area contributed by atoms with E-state index in [0.29, 0.717) is 21.2 Å². The van der Waals surface area contributed by atoms with Crippen LogP contribution >= 0.6 is 23.2 Å². The quantitative estimate of drug-likeness (QED) is 0.772. The molecule has 2 aromatic carbocycles. The Hall–Kier alpha value is -1.06. The molecule has 0 heterocycles. The highest BCUT2D eigenvalue weighted by atomic mass is 35.5. The van der Waals surface area contributed by atoms with Gasteiger partial charge in [0.05, 0.1) is 0 Å². The number of hydrogen-bond acceptors (Lipinski definition) is 2. The minimum absolute atomic E-state index is 0.449. The Balaban J connectivity index is 2.39. The maximum absolute atomic E-state index is 10.2. The lowest BCUT2D eigenvalue weighted by Gasteiger charge is -2.30. The van der Waals surface area contributed by atoms with Gasteiger partial charge in [0, 0.05) is 21.2 Å². The van der Waals surface area contributed by atoms with Crippen molar-refractivity contribution >= 4 is 23.2 Å². The monoisotopic (exact) mass is 280 g/mol. The summed E-state index contributed by atoms with van der Waals surface area (Å²) in [6.07, 6.45) is -2.11. The average Bonchev–Trinajstić information content (AvgIpc) is 2.35. The highest BCUT2D eigenvalue weighted by Gasteiger charge is 2.33. The Labute approximate surface area is 114 Å². The third-order valence-electron chi connectivity index (χ3n) is 3.29. The molecule has 92 valence electrons. The lowest BCUT2D eigenvalue weighted by molar-refractivity contribution is 0.0159. The van der Waals surface area contributed by atoms with E-state index in [2.05, 4.69) is 0 Å². The topological polar surface area (TPSA) is 40.5 Å². The van der Waals surface area contributed by atoms with Crippen LogP contribution in [0.15, 0.2) is 36.4 Å². The molecule has 18 heavy (non-hydrogen) atoms. The summed E-state index contributed by atoms with van der Waals surface area (Å²) >= 11 is 12.2. The second-order valence-electron chi connectivity index (χ2n) is 4.29. The Kier molecular flexibility index (Phi) is 2.83. The fourth-order valence-corrected chi connectivity index (χ4v) is 3.03. The van der Waals surface area contributed by atoms with Crippen LogP contribution in [0.3, 0.4) is 0 Å². The third kappa shape index (κ3) is 1.57. The SMILES string of the molecule is O[C@@H]1c2c(Cl)cccc2-c2cccc(Cl)c2[C@H]1O. The molecule has 2 nitrogen and oxygen atoms in total. The molecule has 0 aliphatic heterocycles. The van der Waals surface area contributed by atoms with Crippen LogP contribution in [0.5, 0.6) is 0 Å². The zero-order valence-corrected chi connectivity index (χ0v) is 10.8. The summed E-state index contributed by atoms with van der Waals surface area (Å²) < 4.78 is 0. The molecule has 0 radical (unpaired) electrons. The van der Waals surface area contributed by atoms with Gasteiger partial charge in [-0.25, -0.2) is 0 Å². The number of rotatable bonds is 0. The van der Waals surface area contributed by atoms with Gasteiger partial charge < -0.3 is 10.2 Å². The number of hydrogen-bond donors (Lipinski definition) is 2. The predicted molar refractivity (Wildman–Crippen MR) is 71.8 cm³/mol. The van der Waals surface area contributed by atoms with Crippen LogP contribution in [0.4, 0.5) is 0 Å². The van der Waals surface area contributed by atoms with Gasteiger partial charge in [0.25, 0.3) is 0 Å². The zero-order valence-electron chi connectivity index (χ0n) is 9.27. The summed E-state index contributed by atoms with van der Waals surface area (Å²) in [5.41, 5.74) is 2.75. The molecule has 0 saturated heterocycles. The summed E-state index contributed by atoms with van der Waals surface area (Å²) in [7, 11) is 0. The van der Waals surface area contributed by atoms with Gasteiger partial charge in [-0.15, -0.1) is 0 Å². The predicted octanol–water partition coefficient (Wildman–Crippen LogP) is 3.74. The van der Waals surface area contributed by atoms with E-state index in [1.807, 2.05) is 24.3 Å². The van der Waals surface area contributed by atoms with Crippen molar-refractivity contribution in [2.24, 2.45) is 0 Å². The van der Waals surface area contributed by atoms with Crippen LogP contribution in [0.25, 0.3) is 11.1 Å². The van der Waals surface area contributed by atoms with Gasteiger partial charge in [0.15, 0.2) is 0 Å². The zero-order chi connectivity index (χ0) is 12.9. The molecule has 0 fully saturated rings. The number of aliphatic hydroxyl groups is 2. The van der Waals surface area contributed by atoms with E-state index in [1.165, 1.54) is 0 Å². The molecule has 2 N–H and O–H groups in total. The summed E-state index contributed by atoms with van der Waals surface area (Å²) in [5.74, 6) is 0. The molecule has 0 aromatic heterocycles.